The SMILES string of the molecule is OC(c1ccc(Cl)cc1F)C1CCOC2(CCSCC2)C1. The predicted octanol–water partition coefficient (Wildman–Crippen LogP) is 4.20. The minimum Gasteiger partial charge on any atom is -0.388 e. The number of benzene rings is 1. The van der Waals surface area contributed by atoms with Crippen molar-refractivity contribution in [1.82, 2.24) is 0 Å². The third kappa shape index (κ3) is 3.39. The van der Waals surface area contributed by atoms with Crippen molar-refractivity contribution < 1.29 is 14.2 Å². The van der Waals surface area contributed by atoms with Crippen LogP contribution in [0, 0.1) is 11.7 Å². The van der Waals surface area contributed by atoms with Crippen LogP contribution in [0.25, 0.3) is 0 Å². The van der Waals surface area contributed by atoms with Gasteiger partial charge in [-0.3, -0.25) is 0 Å². The Morgan fingerprint density at radius 2 is 2.14 bits per heavy atom. The number of aliphatic hydroxyl groups is 1. The normalized spacial score (nSPS) is 26.7. The third-order valence-corrected chi connectivity index (χ3v) is 5.88. The van der Waals surface area contributed by atoms with Crippen LogP contribution < -0.4 is 0 Å². The van der Waals surface area contributed by atoms with Gasteiger partial charge in [-0.05, 0) is 55.2 Å². The average molecular weight is 331 g/mol. The van der Waals surface area contributed by atoms with Gasteiger partial charge in [0, 0.05) is 17.2 Å². The molecule has 2 nitrogen and oxygen atoms in total. The molecule has 0 aromatic heterocycles. The van der Waals surface area contributed by atoms with Crippen LogP contribution in [-0.2, 0) is 4.74 Å². The minimum absolute atomic E-state index is 0.0533. The minimum atomic E-state index is -0.780. The first-order chi connectivity index (χ1) is 10.1. The summed E-state index contributed by atoms with van der Waals surface area (Å²) in [6, 6.07) is 4.50. The van der Waals surface area contributed by atoms with Gasteiger partial charge in [-0.25, -0.2) is 4.39 Å². The molecule has 3 rings (SSSR count). The molecule has 1 spiro atoms. The van der Waals surface area contributed by atoms with Gasteiger partial charge < -0.3 is 9.84 Å². The Labute approximate surface area is 134 Å². The van der Waals surface area contributed by atoms with Gasteiger partial charge in [0.05, 0.1) is 11.7 Å². The van der Waals surface area contributed by atoms with Crippen molar-refractivity contribution in [3.63, 3.8) is 0 Å². The molecular weight excluding hydrogens is 311 g/mol. The van der Waals surface area contributed by atoms with E-state index in [-0.39, 0.29) is 11.5 Å². The predicted molar refractivity (Wildman–Crippen MR) is 84.3 cm³/mol. The molecule has 0 saturated carbocycles. The Kier molecular flexibility index (Phi) is 4.79. The Morgan fingerprint density at radius 3 is 2.86 bits per heavy atom. The van der Waals surface area contributed by atoms with E-state index in [9.17, 15) is 9.50 Å². The summed E-state index contributed by atoms with van der Waals surface area (Å²) in [4.78, 5) is 0. The second-order valence-electron chi connectivity index (χ2n) is 6.01. The highest BCUT2D eigenvalue weighted by Crippen LogP contribution is 2.43. The second-order valence-corrected chi connectivity index (χ2v) is 7.67. The van der Waals surface area contributed by atoms with Gasteiger partial charge in [-0.15, -0.1) is 0 Å². The van der Waals surface area contributed by atoms with E-state index >= 15 is 0 Å². The second kappa shape index (κ2) is 6.45. The molecule has 0 aliphatic carbocycles. The Balaban J connectivity index is 1.76. The molecule has 2 aliphatic heterocycles. The fourth-order valence-corrected chi connectivity index (χ4v) is 4.82. The topological polar surface area (TPSA) is 29.5 Å². The number of rotatable bonds is 2. The van der Waals surface area contributed by atoms with Gasteiger partial charge in [-0.1, -0.05) is 17.7 Å². The summed E-state index contributed by atoms with van der Waals surface area (Å²) in [5.41, 5.74) is 0.254. The highest BCUT2D eigenvalue weighted by molar-refractivity contribution is 7.99. The van der Waals surface area contributed by atoms with Crippen molar-refractivity contribution in [3.05, 3.63) is 34.6 Å². The number of ether oxygens (including phenoxy) is 1. The van der Waals surface area contributed by atoms with Gasteiger partial charge in [0.1, 0.15) is 5.82 Å². The maximum atomic E-state index is 14.0. The first kappa shape index (κ1) is 15.6. The molecule has 0 amide bonds. The molecule has 2 unspecified atom stereocenters. The Bertz CT molecular complexity index is 500. The van der Waals surface area contributed by atoms with Crippen molar-refractivity contribution >= 4 is 23.4 Å². The first-order valence-electron chi connectivity index (χ1n) is 7.44. The van der Waals surface area contributed by atoms with Crippen LogP contribution in [0.4, 0.5) is 4.39 Å². The third-order valence-electron chi connectivity index (χ3n) is 4.66. The molecule has 5 heteroatoms. The van der Waals surface area contributed by atoms with Crippen LogP contribution in [0.2, 0.25) is 5.02 Å². The summed E-state index contributed by atoms with van der Waals surface area (Å²) in [6.07, 6.45) is 2.88. The van der Waals surface area contributed by atoms with Gasteiger partial charge in [0.15, 0.2) is 0 Å². The molecule has 0 bridgehead atoms. The Morgan fingerprint density at radius 1 is 1.38 bits per heavy atom. The number of thioether (sulfide) groups is 1. The van der Waals surface area contributed by atoms with Crippen molar-refractivity contribution in [3.8, 4) is 0 Å². The lowest BCUT2D eigenvalue weighted by Gasteiger charge is -2.44. The molecule has 0 radical (unpaired) electrons. The maximum absolute atomic E-state index is 14.0. The molecule has 2 saturated heterocycles. The summed E-state index contributed by atoms with van der Waals surface area (Å²) in [5.74, 6) is 1.85. The van der Waals surface area contributed by atoms with Crippen molar-refractivity contribution in [2.45, 2.75) is 37.4 Å². The average Bonchev–Trinajstić information content (AvgIpc) is 2.47. The molecule has 21 heavy (non-hydrogen) atoms. The van der Waals surface area contributed by atoms with E-state index in [4.69, 9.17) is 16.3 Å². The van der Waals surface area contributed by atoms with Crippen LogP contribution >= 0.6 is 23.4 Å². The van der Waals surface area contributed by atoms with E-state index < -0.39 is 11.9 Å². The van der Waals surface area contributed by atoms with Gasteiger partial charge in [0.25, 0.3) is 0 Å². The molecule has 116 valence electrons. The molecule has 2 heterocycles. The molecule has 2 aliphatic rings. The van der Waals surface area contributed by atoms with E-state index in [1.54, 1.807) is 12.1 Å². The highest BCUT2D eigenvalue weighted by Gasteiger charge is 2.41. The standard InChI is InChI=1S/C16H20ClFO2S/c17-12-1-2-13(14(18)9-12)15(19)11-3-6-20-16(10-11)4-7-21-8-5-16/h1-2,9,11,15,19H,3-8,10H2. The molecule has 2 fully saturated rings. The van der Waals surface area contributed by atoms with E-state index in [1.807, 2.05) is 11.8 Å². The number of hydrogen-bond donors (Lipinski definition) is 1. The number of halogens is 2. The summed E-state index contributed by atoms with van der Waals surface area (Å²) in [6.45, 7) is 0.654. The van der Waals surface area contributed by atoms with Gasteiger partial charge >= 0.3 is 0 Å². The van der Waals surface area contributed by atoms with Gasteiger partial charge in [-0.2, -0.15) is 11.8 Å². The van der Waals surface area contributed by atoms with Crippen molar-refractivity contribution in [1.29, 1.82) is 0 Å². The first-order valence-corrected chi connectivity index (χ1v) is 8.98. The molecule has 2 atom stereocenters. The van der Waals surface area contributed by atoms with Crippen LogP contribution in [0.1, 0.15) is 37.4 Å². The van der Waals surface area contributed by atoms with Gasteiger partial charge in [0.2, 0.25) is 0 Å². The smallest absolute Gasteiger partial charge is 0.130 e. The van der Waals surface area contributed by atoms with Crippen LogP contribution in [-0.4, -0.2) is 28.8 Å². The highest BCUT2D eigenvalue weighted by atomic mass is 35.5. The summed E-state index contributed by atoms with van der Waals surface area (Å²) < 4.78 is 20.0. The summed E-state index contributed by atoms with van der Waals surface area (Å²) in [7, 11) is 0. The zero-order chi connectivity index (χ0) is 14.9. The zero-order valence-corrected chi connectivity index (χ0v) is 13.4. The van der Waals surface area contributed by atoms with E-state index in [0.717, 1.165) is 37.2 Å². The zero-order valence-electron chi connectivity index (χ0n) is 11.9. The van der Waals surface area contributed by atoms with E-state index in [1.165, 1.54) is 6.07 Å². The quantitative estimate of drug-likeness (QED) is 0.881. The van der Waals surface area contributed by atoms with E-state index in [0.29, 0.717) is 17.2 Å². The lowest BCUT2D eigenvalue weighted by molar-refractivity contribution is -0.121. The van der Waals surface area contributed by atoms with Crippen molar-refractivity contribution in [2.24, 2.45) is 5.92 Å². The lowest BCUT2D eigenvalue weighted by Crippen LogP contribution is -2.44. The van der Waals surface area contributed by atoms with Crippen LogP contribution in [0.15, 0.2) is 18.2 Å². The molecule has 1 N–H and O–H groups in total. The summed E-state index contributed by atoms with van der Waals surface area (Å²) >= 11 is 7.74. The van der Waals surface area contributed by atoms with Crippen molar-refractivity contribution in [2.75, 3.05) is 18.1 Å². The number of hydrogen-bond acceptors (Lipinski definition) is 3. The largest absolute Gasteiger partial charge is 0.388 e. The lowest BCUT2D eigenvalue weighted by atomic mass is 9.78. The fourth-order valence-electron chi connectivity index (χ4n) is 3.42. The summed E-state index contributed by atoms with van der Waals surface area (Å²) in [5, 5.41) is 10.9. The molecular formula is C16H20ClFO2S. The van der Waals surface area contributed by atoms with E-state index in [2.05, 4.69) is 0 Å². The monoisotopic (exact) mass is 330 g/mol. The molecule has 1 aromatic rings. The maximum Gasteiger partial charge on any atom is 0.130 e. The van der Waals surface area contributed by atoms with Crippen LogP contribution in [0.5, 0.6) is 0 Å². The fraction of sp³-hybridized carbons (Fsp3) is 0.625. The Hall–Kier alpha value is -0.290. The van der Waals surface area contributed by atoms with Crippen LogP contribution in [0.3, 0.4) is 0 Å². The number of aliphatic hydroxyl groups excluding tert-OH is 1. The molecule has 1 aromatic carbocycles.